The largest absolute Gasteiger partial charge is 0.493 e. The SMILES string of the molecule is COC(=O)c1ccc(O[C@H](C)C(=O)Nc2ccc3c(c2)CCC3)c(OC)c1. The number of fused-ring (bicyclic) bond motifs is 1. The van der Waals surface area contributed by atoms with E-state index in [2.05, 4.69) is 11.4 Å². The fourth-order valence-corrected chi connectivity index (χ4v) is 3.15. The molecule has 2 aromatic rings. The lowest BCUT2D eigenvalue weighted by atomic mass is 10.1. The predicted molar refractivity (Wildman–Crippen MR) is 102 cm³/mol. The standard InChI is InChI=1S/C21H23NO5/c1-13(20(23)22-17-9-7-14-5-4-6-15(14)11-17)27-18-10-8-16(21(24)26-3)12-19(18)25-2/h7-13H,4-6H2,1-3H3,(H,22,23)/t13-/m1/s1. The molecule has 6 nitrogen and oxygen atoms in total. The molecule has 0 saturated heterocycles. The van der Waals surface area contributed by atoms with Crippen molar-refractivity contribution in [3.8, 4) is 11.5 Å². The minimum atomic E-state index is -0.740. The number of anilines is 1. The van der Waals surface area contributed by atoms with Crippen LogP contribution in [-0.2, 0) is 22.4 Å². The summed E-state index contributed by atoms with van der Waals surface area (Å²) in [6, 6.07) is 10.7. The third-order valence-corrected chi connectivity index (χ3v) is 4.62. The first kappa shape index (κ1) is 18.8. The van der Waals surface area contributed by atoms with Gasteiger partial charge in [-0.2, -0.15) is 0 Å². The van der Waals surface area contributed by atoms with Crippen LogP contribution in [0.3, 0.4) is 0 Å². The first-order chi connectivity index (χ1) is 13.0. The zero-order chi connectivity index (χ0) is 19.4. The van der Waals surface area contributed by atoms with Crippen molar-refractivity contribution in [1.29, 1.82) is 0 Å². The Morgan fingerprint density at radius 2 is 1.78 bits per heavy atom. The molecule has 0 aromatic heterocycles. The summed E-state index contributed by atoms with van der Waals surface area (Å²) in [5, 5.41) is 2.89. The van der Waals surface area contributed by atoms with Gasteiger partial charge in [-0.15, -0.1) is 0 Å². The molecule has 3 rings (SSSR count). The molecule has 1 N–H and O–H groups in total. The van der Waals surface area contributed by atoms with Crippen LogP contribution in [0.4, 0.5) is 5.69 Å². The Bertz CT molecular complexity index is 862. The van der Waals surface area contributed by atoms with Crippen molar-refractivity contribution >= 4 is 17.6 Å². The number of amides is 1. The van der Waals surface area contributed by atoms with Crippen LogP contribution in [0.5, 0.6) is 11.5 Å². The van der Waals surface area contributed by atoms with Crippen LogP contribution < -0.4 is 14.8 Å². The van der Waals surface area contributed by atoms with E-state index in [1.54, 1.807) is 19.1 Å². The highest BCUT2D eigenvalue weighted by atomic mass is 16.5. The van der Waals surface area contributed by atoms with E-state index in [4.69, 9.17) is 14.2 Å². The quantitative estimate of drug-likeness (QED) is 0.790. The Hall–Kier alpha value is -3.02. The van der Waals surface area contributed by atoms with E-state index in [0.717, 1.165) is 24.9 Å². The summed E-state index contributed by atoms with van der Waals surface area (Å²) in [6.45, 7) is 1.66. The molecule has 0 heterocycles. The second kappa shape index (κ2) is 8.12. The van der Waals surface area contributed by atoms with Crippen molar-refractivity contribution in [2.45, 2.75) is 32.3 Å². The summed E-state index contributed by atoms with van der Waals surface area (Å²) in [5.41, 5.74) is 3.76. The van der Waals surface area contributed by atoms with Crippen LogP contribution in [0.15, 0.2) is 36.4 Å². The third kappa shape index (κ3) is 4.22. The smallest absolute Gasteiger partial charge is 0.337 e. The van der Waals surface area contributed by atoms with E-state index in [0.29, 0.717) is 17.1 Å². The van der Waals surface area contributed by atoms with Crippen LogP contribution in [0.1, 0.15) is 34.8 Å². The van der Waals surface area contributed by atoms with Gasteiger partial charge in [-0.3, -0.25) is 4.79 Å². The van der Waals surface area contributed by atoms with Crippen molar-refractivity contribution in [3.63, 3.8) is 0 Å². The number of methoxy groups -OCH3 is 2. The first-order valence-corrected chi connectivity index (χ1v) is 8.87. The maximum Gasteiger partial charge on any atom is 0.337 e. The zero-order valence-corrected chi connectivity index (χ0v) is 15.7. The number of carbonyl (C=O) groups is 2. The fourth-order valence-electron chi connectivity index (χ4n) is 3.15. The van der Waals surface area contributed by atoms with Crippen molar-refractivity contribution < 1.29 is 23.8 Å². The summed E-state index contributed by atoms with van der Waals surface area (Å²) in [5.74, 6) is 0.00568. The Kier molecular flexibility index (Phi) is 5.64. The summed E-state index contributed by atoms with van der Waals surface area (Å²) in [4.78, 5) is 24.1. The van der Waals surface area contributed by atoms with Gasteiger partial charge in [-0.05, 0) is 67.6 Å². The van der Waals surface area contributed by atoms with E-state index in [-0.39, 0.29) is 5.91 Å². The fraction of sp³-hybridized carbons (Fsp3) is 0.333. The number of benzene rings is 2. The van der Waals surface area contributed by atoms with Crippen LogP contribution in [0.2, 0.25) is 0 Å². The van der Waals surface area contributed by atoms with Gasteiger partial charge in [-0.1, -0.05) is 6.07 Å². The molecule has 1 amide bonds. The van der Waals surface area contributed by atoms with E-state index >= 15 is 0 Å². The molecule has 0 bridgehead atoms. The molecule has 0 unspecified atom stereocenters. The van der Waals surface area contributed by atoms with Gasteiger partial charge in [0.25, 0.3) is 5.91 Å². The van der Waals surface area contributed by atoms with Gasteiger partial charge in [0.05, 0.1) is 19.8 Å². The van der Waals surface area contributed by atoms with Gasteiger partial charge in [0.1, 0.15) is 0 Å². The first-order valence-electron chi connectivity index (χ1n) is 8.87. The van der Waals surface area contributed by atoms with Crippen molar-refractivity contribution in [1.82, 2.24) is 0 Å². The van der Waals surface area contributed by atoms with Gasteiger partial charge in [-0.25, -0.2) is 4.79 Å². The molecule has 6 heteroatoms. The summed E-state index contributed by atoms with van der Waals surface area (Å²) in [6.07, 6.45) is 2.57. The summed E-state index contributed by atoms with van der Waals surface area (Å²) in [7, 11) is 2.78. The van der Waals surface area contributed by atoms with Crippen molar-refractivity contribution in [3.05, 3.63) is 53.1 Å². The minimum absolute atomic E-state index is 0.257. The molecule has 0 radical (unpaired) electrons. The van der Waals surface area contributed by atoms with E-state index in [1.165, 1.54) is 31.4 Å². The van der Waals surface area contributed by atoms with E-state index in [9.17, 15) is 9.59 Å². The second-order valence-corrected chi connectivity index (χ2v) is 6.44. The molecule has 0 saturated carbocycles. The normalized spacial score (nSPS) is 13.4. The zero-order valence-electron chi connectivity index (χ0n) is 15.7. The molecule has 2 aromatic carbocycles. The molecule has 1 aliphatic rings. The number of carbonyl (C=O) groups excluding carboxylic acids is 2. The second-order valence-electron chi connectivity index (χ2n) is 6.44. The number of hydrogen-bond acceptors (Lipinski definition) is 5. The minimum Gasteiger partial charge on any atom is -0.493 e. The topological polar surface area (TPSA) is 73.9 Å². The molecular weight excluding hydrogens is 346 g/mol. The molecule has 0 aliphatic heterocycles. The van der Waals surface area contributed by atoms with Gasteiger partial charge in [0.15, 0.2) is 17.6 Å². The van der Waals surface area contributed by atoms with Gasteiger partial charge >= 0.3 is 5.97 Å². The highest BCUT2D eigenvalue weighted by molar-refractivity contribution is 5.94. The Balaban J connectivity index is 1.68. The molecule has 1 aliphatic carbocycles. The van der Waals surface area contributed by atoms with E-state index < -0.39 is 12.1 Å². The van der Waals surface area contributed by atoms with E-state index in [1.807, 2.05) is 12.1 Å². The van der Waals surface area contributed by atoms with Crippen LogP contribution in [0.25, 0.3) is 0 Å². The van der Waals surface area contributed by atoms with Crippen molar-refractivity contribution in [2.24, 2.45) is 0 Å². The number of esters is 1. The number of ether oxygens (including phenoxy) is 3. The maximum atomic E-state index is 12.5. The van der Waals surface area contributed by atoms with Crippen LogP contribution in [0, 0.1) is 0 Å². The number of nitrogens with one attached hydrogen (secondary N) is 1. The lowest BCUT2D eigenvalue weighted by Gasteiger charge is -2.17. The van der Waals surface area contributed by atoms with Crippen molar-refractivity contribution in [2.75, 3.05) is 19.5 Å². The highest BCUT2D eigenvalue weighted by Crippen LogP contribution is 2.30. The molecule has 142 valence electrons. The highest BCUT2D eigenvalue weighted by Gasteiger charge is 2.19. The molecule has 27 heavy (non-hydrogen) atoms. The summed E-state index contributed by atoms with van der Waals surface area (Å²) >= 11 is 0. The van der Waals surface area contributed by atoms with Gasteiger partial charge in [0.2, 0.25) is 0 Å². The van der Waals surface area contributed by atoms with Gasteiger partial charge < -0.3 is 19.5 Å². The van der Waals surface area contributed by atoms with Crippen LogP contribution >= 0.6 is 0 Å². The molecular formula is C21H23NO5. The number of hydrogen-bond donors (Lipinski definition) is 1. The number of rotatable bonds is 6. The predicted octanol–water partition coefficient (Wildman–Crippen LogP) is 3.38. The third-order valence-electron chi connectivity index (χ3n) is 4.62. The summed E-state index contributed by atoms with van der Waals surface area (Å²) < 4.78 is 15.7. The van der Waals surface area contributed by atoms with Crippen LogP contribution in [-0.4, -0.2) is 32.2 Å². The maximum absolute atomic E-state index is 12.5. The molecule has 0 fully saturated rings. The lowest BCUT2D eigenvalue weighted by molar-refractivity contribution is -0.122. The average Bonchev–Trinajstić information content (AvgIpc) is 3.15. The molecule has 1 atom stereocenters. The van der Waals surface area contributed by atoms with Gasteiger partial charge in [0, 0.05) is 5.69 Å². The lowest BCUT2D eigenvalue weighted by Crippen LogP contribution is -2.30. The number of aryl methyl sites for hydroxylation is 2. The molecule has 0 spiro atoms. The monoisotopic (exact) mass is 369 g/mol. The average molecular weight is 369 g/mol. The Morgan fingerprint density at radius 1 is 1.00 bits per heavy atom. The Morgan fingerprint density at radius 3 is 2.52 bits per heavy atom. The Labute approximate surface area is 158 Å².